The van der Waals surface area contributed by atoms with Gasteiger partial charge in [0.05, 0.1) is 11.9 Å². The Labute approximate surface area is 119 Å². The van der Waals surface area contributed by atoms with Crippen molar-refractivity contribution in [1.29, 1.82) is 0 Å². The lowest BCUT2D eigenvalue weighted by Gasteiger charge is -2.29. The maximum absolute atomic E-state index is 12.3. The Kier molecular flexibility index (Phi) is 4.54. The van der Waals surface area contributed by atoms with Crippen LogP contribution in [0.1, 0.15) is 48.9 Å². The highest BCUT2D eigenvalue weighted by molar-refractivity contribution is 5.97. The number of rotatable bonds is 3. The van der Waals surface area contributed by atoms with Crippen LogP contribution in [0.4, 0.5) is 5.69 Å². The van der Waals surface area contributed by atoms with Gasteiger partial charge in [0, 0.05) is 12.0 Å². The van der Waals surface area contributed by atoms with Gasteiger partial charge in [-0.15, -0.1) is 0 Å². The minimum absolute atomic E-state index is 0.172. The van der Waals surface area contributed by atoms with E-state index in [1.807, 2.05) is 13.8 Å². The van der Waals surface area contributed by atoms with E-state index in [1.165, 1.54) is 6.20 Å². The van der Waals surface area contributed by atoms with E-state index in [0.29, 0.717) is 17.2 Å². The lowest BCUT2D eigenvalue weighted by Crippen LogP contribution is -2.43. The van der Waals surface area contributed by atoms with Crippen LogP contribution >= 0.6 is 0 Å². The fraction of sp³-hybridized carbons (Fsp3) is 0.643. The zero-order valence-electron chi connectivity index (χ0n) is 12.4. The molecule has 1 aromatic rings. The highest BCUT2D eigenvalue weighted by Crippen LogP contribution is 2.15. The van der Waals surface area contributed by atoms with Gasteiger partial charge in [-0.1, -0.05) is 13.8 Å². The molecule has 0 spiro atoms. The van der Waals surface area contributed by atoms with E-state index in [-0.39, 0.29) is 17.9 Å². The molecule has 3 N–H and O–H groups in total. The Morgan fingerprint density at radius 3 is 2.70 bits per heavy atom. The Balaban J connectivity index is 2.07. The molecule has 1 aliphatic rings. The first-order chi connectivity index (χ1) is 9.47. The van der Waals surface area contributed by atoms with E-state index < -0.39 is 0 Å². The number of hydrogen-bond donors (Lipinski definition) is 2. The van der Waals surface area contributed by atoms with Gasteiger partial charge < -0.3 is 16.0 Å². The molecule has 110 valence electrons. The van der Waals surface area contributed by atoms with Gasteiger partial charge in [0.1, 0.15) is 5.82 Å². The molecule has 0 aromatic carbocycles. The number of nitrogens with one attached hydrogen (secondary N) is 1. The lowest BCUT2D eigenvalue weighted by atomic mass is 10.1. The van der Waals surface area contributed by atoms with E-state index >= 15 is 0 Å². The zero-order chi connectivity index (χ0) is 14.7. The molecule has 1 fully saturated rings. The molecule has 1 aliphatic heterocycles. The Morgan fingerprint density at radius 2 is 2.10 bits per heavy atom. The highest BCUT2D eigenvalue weighted by atomic mass is 16.2. The van der Waals surface area contributed by atoms with Crippen LogP contribution in [0, 0.1) is 0 Å². The minimum atomic E-state index is -0.193. The topological polar surface area (TPSA) is 84.1 Å². The molecular formula is C14H23N5O. The van der Waals surface area contributed by atoms with E-state index in [9.17, 15) is 4.79 Å². The predicted octanol–water partition coefficient (Wildman–Crippen LogP) is 1.01. The van der Waals surface area contributed by atoms with Crippen molar-refractivity contribution < 1.29 is 4.79 Å². The van der Waals surface area contributed by atoms with Gasteiger partial charge in [0.25, 0.3) is 5.91 Å². The molecule has 0 aliphatic carbocycles. The summed E-state index contributed by atoms with van der Waals surface area (Å²) in [6.07, 6.45) is 3.44. The fourth-order valence-electron chi connectivity index (χ4n) is 2.27. The molecule has 0 atom stereocenters. The molecule has 1 aromatic heterocycles. The quantitative estimate of drug-likeness (QED) is 0.861. The van der Waals surface area contributed by atoms with Crippen molar-refractivity contribution in [2.24, 2.45) is 0 Å². The van der Waals surface area contributed by atoms with Crippen molar-refractivity contribution in [3.8, 4) is 0 Å². The summed E-state index contributed by atoms with van der Waals surface area (Å²) in [7, 11) is 2.09. The van der Waals surface area contributed by atoms with Crippen molar-refractivity contribution >= 4 is 11.6 Å². The van der Waals surface area contributed by atoms with Gasteiger partial charge in [-0.25, -0.2) is 9.97 Å². The number of nitrogens with two attached hydrogens (primary N) is 1. The second-order valence-electron chi connectivity index (χ2n) is 5.74. The summed E-state index contributed by atoms with van der Waals surface area (Å²) in [5.74, 6) is 0.625. The predicted molar refractivity (Wildman–Crippen MR) is 78.5 cm³/mol. The largest absolute Gasteiger partial charge is 0.396 e. The third-order valence-corrected chi connectivity index (χ3v) is 3.62. The molecule has 2 rings (SSSR count). The number of nitrogen functional groups attached to an aromatic ring is 1. The molecule has 0 unspecified atom stereocenters. The van der Waals surface area contributed by atoms with Gasteiger partial charge >= 0.3 is 0 Å². The van der Waals surface area contributed by atoms with Crippen molar-refractivity contribution in [3.63, 3.8) is 0 Å². The molecule has 1 saturated heterocycles. The number of carbonyl (C=O) groups excluding carboxylic acids is 1. The average Bonchev–Trinajstić information content (AvgIpc) is 2.41. The number of carbonyl (C=O) groups is 1. The van der Waals surface area contributed by atoms with Crippen LogP contribution in [0.15, 0.2) is 6.20 Å². The minimum Gasteiger partial charge on any atom is -0.396 e. The monoisotopic (exact) mass is 277 g/mol. The SMILES string of the molecule is CC(C)c1ncc(N)c(C(=O)NC2CCN(C)CC2)n1. The molecule has 0 saturated carbocycles. The van der Waals surface area contributed by atoms with E-state index in [2.05, 4.69) is 27.2 Å². The molecule has 2 heterocycles. The van der Waals surface area contributed by atoms with Crippen LogP contribution in [0.3, 0.4) is 0 Å². The number of piperidine rings is 1. The third kappa shape index (κ3) is 3.45. The maximum atomic E-state index is 12.3. The third-order valence-electron chi connectivity index (χ3n) is 3.62. The summed E-state index contributed by atoms with van der Waals surface area (Å²) in [4.78, 5) is 23.0. The number of likely N-dealkylation sites (tertiary alicyclic amines) is 1. The van der Waals surface area contributed by atoms with Gasteiger partial charge in [0.2, 0.25) is 0 Å². The molecule has 0 bridgehead atoms. The maximum Gasteiger partial charge on any atom is 0.272 e. The molecule has 6 nitrogen and oxygen atoms in total. The van der Waals surface area contributed by atoms with Crippen molar-refractivity contribution in [1.82, 2.24) is 20.2 Å². The Hall–Kier alpha value is -1.69. The van der Waals surface area contributed by atoms with E-state index in [1.54, 1.807) is 0 Å². The standard InChI is InChI=1S/C14H23N5O/c1-9(2)13-16-8-11(15)12(18-13)14(20)17-10-4-6-19(3)7-5-10/h8-10H,4-7,15H2,1-3H3,(H,17,20). The van der Waals surface area contributed by atoms with Crippen LogP contribution in [0.25, 0.3) is 0 Å². The first-order valence-corrected chi connectivity index (χ1v) is 7.09. The molecule has 1 amide bonds. The van der Waals surface area contributed by atoms with Gasteiger partial charge in [0.15, 0.2) is 5.69 Å². The van der Waals surface area contributed by atoms with Crippen LogP contribution < -0.4 is 11.1 Å². The molecule has 20 heavy (non-hydrogen) atoms. The number of aromatic nitrogens is 2. The van der Waals surface area contributed by atoms with Crippen molar-refractivity contribution in [2.75, 3.05) is 25.9 Å². The van der Waals surface area contributed by atoms with Crippen molar-refractivity contribution in [3.05, 3.63) is 17.7 Å². The van der Waals surface area contributed by atoms with Crippen LogP contribution in [0.5, 0.6) is 0 Å². The first-order valence-electron chi connectivity index (χ1n) is 7.09. The summed E-state index contributed by atoms with van der Waals surface area (Å²) in [5, 5.41) is 3.03. The highest BCUT2D eigenvalue weighted by Gasteiger charge is 2.21. The van der Waals surface area contributed by atoms with Crippen LogP contribution in [-0.2, 0) is 0 Å². The Morgan fingerprint density at radius 1 is 1.45 bits per heavy atom. The van der Waals surface area contributed by atoms with Gasteiger partial charge in [-0.2, -0.15) is 0 Å². The van der Waals surface area contributed by atoms with Gasteiger partial charge in [-0.05, 0) is 33.0 Å². The number of anilines is 1. The van der Waals surface area contributed by atoms with Crippen molar-refractivity contribution in [2.45, 2.75) is 38.6 Å². The molecule has 6 heteroatoms. The molecular weight excluding hydrogens is 254 g/mol. The fourth-order valence-corrected chi connectivity index (χ4v) is 2.27. The zero-order valence-corrected chi connectivity index (χ0v) is 12.4. The summed E-state index contributed by atoms with van der Waals surface area (Å²) in [6.45, 7) is 5.98. The lowest BCUT2D eigenvalue weighted by molar-refractivity contribution is 0.0912. The smallest absolute Gasteiger partial charge is 0.272 e. The summed E-state index contributed by atoms with van der Waals surface area (Å²) in [6, 6.07) is 0.204. The normalized spacial score (nSPS) is 17.4. The molecule has 0 radical (unpaired) electrons. The number of hydrogen-bond acceptors (Lipinski definition) is 5. The van der Waals surface area contributed by atoms with E-state index in [4.69, 9.17) is 5.73 Å². The second-order valence-corrected chi connectivity index (χ2v) is 5.74. The summed E-state index contributed by atoms with van der Waals surface area (Å²) in [5.41, 5.74) is 6.45. The average molecular weight is 277 g/mol. The van der Waals surface area contributed by atoms with E-state index in [0.717, 1.165) is 25.9 Å². The first kappa shape index (κ1) is 14.7. The summed E-state index contributed by atoms with van der Waals surface area (Å²) >= 11 is 0. The summed E-state index contributed by atoms with van der Waals surface area (Å²) < 4.78 is 0. The van der Waals surface area contributed by atoms with Crippen LogP contribution in [-0.4, -0.2) is 47.0 Å². The number of amides is 1. The van der Waals surface area contributed by atoms with Gasteiger partial charge in [-0.3, -0.25) is 4.79 Å². The Bertz CT molecular complexity index is 480. The number of nitrogens with zero attached hydrogens (tertiary/aromatic N) is 3. The second kappa shape index (κ2) is 6.17. The van der Waals surface area contributed by atoms with Crippen LogP contribution in [0.2, 0.25) is 0 Å².